The van der Waals surface area contributed by atoms with Crippen molar-refractivity contribution in [2.45, 2.75) is 31.7 Å². The number of hydrogen-bond donors (Lipinski definition) is 1. The third kappa shape index (κ3) is 4.74. The van der Waals surface area contributed by atoms with Crippen molar-refractivity contribution >= 4 is 5.97 Å². The number of ether oxygens (including phenoxy) is 3. The number of methoxy groups -OCH3 is 3. The third-order valence-electron chi connectivity index (χ3n) is 3.21. The van der Waals surface area contributed by atoms with Gasteiger partial charge < -0.3 is 19.9 Å². The minimum Gasteiger partial charge on any atom is -0.497 e. The number of hydrogen-bond acceptors (Lipinski definition) is 5. The molecule has 0 aliphatic rings. The van der Waals surface area contributed by atoms with Gasteiger partial charge in [-0.3, -0.25) is 4.79 Å². The van der Waals surface area contributed by atoms with Crippen molar-refractivity contribution in [3.63, 3.8) is 0 Å². The fourth-order valence-corrected chi connectivity index (χ4v) is 2.02. The highest BCUT2D eigenvalue weighted by atomic mass is 16.5. The lowest BCUT2D eigenvalue weighted by Gasteiger charge is -2.16. The summed E-state index contributed by atoms with van der Waals surface area (Å²) in [6.07, 6.45) is 2.87. The smallest absolute Gasteiger partial charge is 0.305 e. The zero-order chi connectivity index (χ0) is 15.0. The van der Waals surface area contributed by atoms with Gasteiger partial charge in [0, 0.05) is 24.1 Å². The molecule has 0 fully saturated rings. The molecule has 1 atom stereocenters. The number of benzene rings is 1. The molecule has 5 heteroatoms. The van der Waals surface area contributed by atoms with Gasteiger partial charge in [0.05, 0.1) is 21.3 Å². The SMILES string of the molecule is COC(=O)CCCCC(N)c1ccc(OC)cc1OC. The lowest BCUT2D eigenvalue weighted by atomic mass is 10.00. The van der Waals surface area contributed by atoms with Crippen LogP contribution in [-0.4, -0.2) is 27.3 Å². The minimum atomic E-state index is -0.180. The zero-order valence-corrected chi connectivity index (χ0v) is 12.3. The van der Waals surface area contributed by atoms with Crippen molar-refractivity contribution in [1.82, 2.24) is 0 Å². The van der Waals surface area contributed by atoms with Gasteiger partial charge in [0.1, 0.15) is 11.5 Å². The number of carbonyl (C=O) groups is 1. The summed E-state index contributed by atoms with van der Waals surface area (Å²) in [6, 6.07) is 5.49. The Labute approximate surface area is 120 Å². The maximum absolute atomic E-state index is 11.0. The predicted molar refractivity (Wildman–Crippen MR) is 77.0 cm³/mol. The van der Waals surface area contributed by atoms with Crippen molar-refractivity contribution in [3.8, 4) is 11.5 Å². The van der Waals surface area contributed by atoms with E-state index in [1.807, 2.05) is 18.2 Å². The first-order valence-electron chi connectivity index (χ1n) is 6.66. The molecule has 0 saturated carbocycles. The van der Waals surface area contributed by atoms with Gasteiger partial charge in [0.2, 0.25) is 0 Å². The van der Waals surface area contributed by atoms with Crippen LogP contribution in [0.3, 0.4) is 0 Å². The Hall–Kier alpha value is -1.75. The van der Waals surface area contributed by atoms with E-state index in [0.29, 0.717) is 6.42 Å². The molecule has 0 bridgehead atoms. The lowest BCUT2D eigenvalue weighted by Crippen LogP contribution is -2.12. The third-order valence-corrected chi connectivity index (χ3v) is 3.21. The van der Waals surface area contributed by atoms with E-state index in [1.165, 1.54) is 7.11 Å². The summed E-state index contributed by atoms with van der Waals surface area (Å²) in [4.78, 5) is 11.0. The highest BCUT2D eigenvalue weighted by Gasteiger charge is 2.13. The van der Waals surface area contributed by atoms with Crippen LogP contribution < -0.4 is 15.2 Å². The molecule has 1 unspecified atom stereocenters. The summed E-state index contributed by atoms with van der Waals surface area (Å²) < 4.78 is 15.1. The molecule has 0 spiro atoms. The lowest BCUT2D eigenvalue weighted by molar-refractivity contribution is -0.140. The molecule has 0 aliphatic heterocycles. The van der Waals surface area contributed by atoms with Gasteiger partial charge in [0.15, 0.2) is 0 Å². The summed E-state index contributed by atoms with van der Waals surface area (Å²) >= 11 is 0. The standard InChI is InChI=1S/C15H23NO4/c1-18-11-8-9-12(14(10-11)19-2)13(16)6-4-5-7-15(17)20-3/h8-10,13H,4-7,16H2,1-3H3. The molecule has 1 rings (SSSR count). The first kappa shape index (κ1) is 16.3. The molecule has 0 saturated heterocycles. The molecule has 0 aromatic heterocycles. The Morgan fingerprint density at radius 1 is 1.20 bits per heavy atom. The van der Waals surface area contributed by atoms with E-state index in [0.717, 1.165) is 36.3 Å². The van der Waals surface area contributed by atoms with Crippen molar-refractivity contribution < 1.29 is 19.0 Å². The maximum atomic E-state index is 11.0. The Kier molecular flexibility index (Phi) is 6.87. The first-order chi connectivity index (χ1) is 9.62. The first-order valence-corrected chi connectivity index (χ1v) is 6.66. The van der Waals surface area contributed by atoms with Crippen LogP contribution in [0.15, 0.2) is 18.2 Å². The Balaban J connectivity index is 2.54. The molecular formula is C15H23NO4. The summed E-state index contributed by atoms with van der Waals surface area (Å²) in [6.45, 7) is 0. The molecular weight excluding hydrogens is 258 g/mol. The zero-order valence-electron chi connectivity index (χ0n) is 12.3. The number of carbonyl (C=O) groups excluding carboxylic acids is 1. The molecule has 20 heavy (non-hydrogen) atoms. The minimum absolute atomic E-state index is 0.117. The van der Waals surface area contributed by atoms with Crippen molar-refractivity contribution in [2.24, 2.45) is 5.73 Å². The van der Waals surface area contributed by atoms with E-state index < -0.39 is 0 Å². The molecule has 112 valence electrons. The van der Waals surface area contributed by atoms with Crippen molar-refractivity contribution in [2.75, 3.05) is 21.3 Å². The van der Waals surface area contributed by atoms with Gasteiger partial charge in [-0.25, -0.2) is 0 Å². The van der Waals surface area contributed by atoms with Gasteiger partial charge in [-0.1, -0.05) is 12.5 Å². The van der Waals surface area contributed by atoms with Gasteiger partial charge >= 0.3 is 5.97 Å². The highest BCUT2D eigenvalue weighted by Crippen LogP contribution is 2.30. The molecule has 2 N–H and O–H groups in total. The van der Waals surface area contributed by atoms with E-state index >= 15 is 0 Å². The highest BCUT2D eigenvalue weighted by molar-refractivity contribution is 5.68. The number of unbranched alkanes of at least 4 members (excludes halogenated alkanes) is 1. The number of rotatable bonds is 8. The van der Waals surface area contributed by atoms with E-state index in [4.69, 9.17) is 15.2 Å². The van der Waals surface area contributed by atoms with Crippen LogP contribution in [0.5, 0.6) is 11.5 Å². The van der Waals surface area contributed by atoms with Crippen LogP contribution in [0.4, 0.5) is 0 Å². The second-order valence-corrected chi connectivity index (χ2v) is 4.54. The van der Waals surface area contributed by atoms with Crippen LogP contribution in [0.2, 0.25) is 0 Å². The average molecular weight is 281 g/mol. The van der Waals surface area contributed by atoms with E-state index in [2.05, 4.69) is 4.74 Å². The fourth-order valence-electron chi connectivity index (χ4n) is 2.02. The Bertz CT molecular complexity index is 434. The molecule has 1 aromatic rings. The topological polar surface area (TPSA) is 70.8 Å². The Morgan fingerprint density at radius 2 is 1.95 bits per heavy atom. The van der Waals surface area contributed by atoms with Gasteiger partial charge in [-0.05, 0) is 18.9 Å². The molecule has 5 nitrogen and oxygen atoms in total. The second-order valence-electron chi connectivity index (χ2n) is 4.54. The van der Waals surface area contributed by atoms with Crippen LogP contribution in [0, 0.1) is 0 Å². The summed E-state index contributed by atoms with van der Waals surface area (Å²) in [5, 5.41) is 0. The van der Waals surface area contributed by atoms with Crippen molar-refractivity contribution in [1.29, 1.82) is 0 Å². The van der Waals surface area contributed by atoms with Crippen LogP contribution >= 0.6 is 0 Å². The molecule has 1 aromatic carbocycles. The Morgan fingerprint density at radius 3 is 2.55 bits per heavy atom. The molecule has 0 amide bonds. The van der Waals surface area contributed by atoms with E-state index in [1.54, 1.807) is 14.2 Å². The normalized spacial score (nSPS) is 11.8. The summed E-state index contributed by atoms with van der Waals surface area (Å²) in [5.41, 5.74) is 7.13. The molecule has 0 aliphatic carbocycles. The second kappa shape index (κ2) is 8.43. The van der Waals surface area contributed by atoms with Gasteiger partial charge in [-0.2, -0.15) is 0 Å². The molecule has 0 radical (unpaired) electrons. The maximum Gasteiger partial charge on any atom is 0.305 e. The van der Waals surface area contributed by atoms with Crippen LogP contribution in [0.25, 0.3) is 0 Å². The van der Waals surface area contributed by atoms with Crippen molar-refractivity contribution in [3.05, 3.63) is 23.8 Å². The number of esters is 1. The molecule has 0 heterocycles. The van der Waals surface area contributed by atoms with E-state index in [-0.39, 0.29) is 12.0 Å². The largest absolute Gasteiger partial charge is 0.497 e. The van der Waals surface area contributed by atoms with Gasteiger partial charge in [0.25, 0.3) is 0 Å². The summed E-state index contributed by atoms with van der Waals surface area (Å²) in [7, 11) is 4.62. The monoisotopic (exact) mass is 281 g/mol. The van der Waals surface area contributed by atoms with Crippen LogP contribution in [-0.2, 0) is 9.53 Å². The van der Waals surface area contributed by atoms with Crippen LogP contribution in [0.1, 0.15) is 37.3 Å². The fraction of sp³-hybridized carbons (Fsp3) is 0.533. The average Bonchev–Trinajstić information content (AvgIpc) is 2.50. The predicted octanol–water partition coefficient (Wildman–Crippen LogP) is 2.44. The summed E-state index contributed by atoms with van der Waals surface area (Å²) in [5.74, 6) is 1.29. The number of nitrogens with two attached hydrogens (primary N) is 1. The quantitative estimate of drug-likeness (QED) is 0.585. The van der Waals surface area contributed by atoms with E-state index in [9.17, 15) is 4.79 Å². The van der Waals surface area contributed by atoms with Gasteiger partial charge in [-0.15, -0.1) is 0 Å².